The maximum Gasteiger partial charge on any atom is 0.222 e. The molecule has 0 unspecified atom stereocenters. The molecule has 8 nitrogen and oxygen atoms in total. The summed E-state index contributed by atoms with van der Waals surface area (Å²) in [4.78, 5) is 35.3. The molecule has 2 aliphatic heterocycles. The monoisotopic (exact) mass is 357 g/mol. The molecule has 4 heterocycles. The van der Waals surface area contributed by atoms with Crippen LogP contribution < -0.4 is 4.90 Å². The molecular formula is C18H27N7O. The number of piperidine rings is 1. The van der Waals surface area contributed by atoms with E-state index in [-0.39, 0.29) is 0 Å². The first-order chi connectivity index (χ1) is 12.7. The van der Waals surface area contributed by atoms with E-state index in [9.17, 15) is 4.79 Å². The lowest BCUT2D eigenvalue weighted by Crippen LogP contribution is -2.49. The van der Waals surface area contributed by atoms with Crippen LogP contribution in [-0.2, 0) is 4.79 Å². The highest BCUT2D eigenvalue weighted by Crippen LogP contribution is 2.27. The number of nitrogens with zero attached hydrogens (tertiary/aromatic N) is 6. The summed E-state index contributed by atoms with van der Waals surface area (Å²) in [6.07, 6.45) is 5.97. The van der Waals surface area contributed by atoms with Gasteiger partial charge in [-0.2, -0.15) is 0 Å². The van der Waals surface area contributed by atoms with Gasteiger partial charge in [-0.1, -0.05) is 6.92 Å². The number of hydrogen-bond acceptors (Lipinski definition) is 6. The van der Waals surface area contributed by atoms with Gasteiger partial charge in [0.05, 0.1) is 6.33 Å². The van der Waals surface area contributed by atoms with E-state index >= 15 is 0 Å². The molecule has 0 atom stereocenters. The molecular weight excluding hydrogens is 330 g/mol. The number of nitrogens with one attached hydrogen (secondary N) is 1. The fourth-order valence-electron chi connectivity index (χ4n) is 4.03. The number of piperazine rings is 1. The van der Waals surface area contributed by atoms with Crippen molar-refractivity contribution in [2.75, 3.05) is 50.7 Å². The van der Waals surface area contributed by atoms with Crippen LogP contribution in [0.2, 0.25) is 0 Å². The minimum Gasteiger partial charge on any atom is -0.355 e. The van der Waals surface area contributed by atoms with Crippen LogP contribution in [0.4, 0.5) is 5.82 Å². The topological polar surface area (TPSA) is 81.2 Å². The summed E-state index contributed by atoms with van der Waals surface area (Å²) in [7, 11) is 0. The minimum atomic E-state index is 0.331. The third-order valence-corrected chi connectivity index (χ3v) is 5.75. The maximum absolute atomic E-state index is 12.6. The summed E-state index contributed by atoms with van der Waals surface area (Å²) in [5.41, 5.74) is 1.61. The zero-order valence-electron chi connectivity index (χ0n) is 15.4. The Morgan fingerprint density at radius 1 is 1.12 bits per heavy atom. The van der Waals surface area contributed by atoms with Crippen molar-refractivity contribution in [3.63, 3.8) is 0 Å². The Morgan fingerprint density at radius 2 is 1.88 bits per heavy atom. The van der Waals surface area contributed by atoms with Gasteiger partial charge in [0.1, 0.15) is 11.8 Å². The highest BCUT2D eigenvalue weighted by Gasteiger charge is 2.27. The van der Waals surface area contributed by atoms with E-state index in [0.717, 1.165) is 70.0 Å². The zero-order chi connectivity index (χ0) is 17.9. The lowest BCUT2D eigenvalue weighted by atomic mass is 9.93. The molecule has 140 valence electrons. The maximum atomic E-state index is 12.6. The molecule has 8 heteroatoms. The first-order valence-electron chi connectivity index (χ1n) is 9.63. The number of anilines is 1. The first-order valence-corrected chi connectivity index (χ1v) is 9.63. The fraction of sp³-hybridized carbons (Fsp3) is 0.667. The number of amides is 1. The SMILES string of the molecule is CCN1CCN(C(=O)CC2CCN(c3ncnc4nc[nH]c34)CC2)CC1. The number of H-pyrrole nitrogens is 1. The molecule has 0 aromatic carbocycles. The van der Waals surface area contributed by atoms with Crippen LogP contribution in [0.25, 0.3) is 11.2 Å². The summed E-state index contributed by atoms with van der Waals surface area (Å²) < 4.78 is 0. The van der Waals surface area contributed by atoms with Gasteiger partial charge in [0.15, 0.2) is 11.5 Å². The number of fused-ring (bicyclic) bond motifs is 1. The summed E-state index contributed by atoms with van der Waals surface area (Å²) >= 11 is 0. The van der Waals surface area contributed by atoms with Crippen molar-refractivity contribution in [1.29, 1.82) is 0 Å². The van der Waals surface area contributed by atoms with Gasteiger partial charge < -0.3 is 19.7 Å². The molecule has 2 aromatic rings. The number of likely N-dealkylation sites (N-methyl/N-ethyl adjacent to an activating group) is 1. The molecule has 2 aromatic heterocycles. The molecule has 1 N–H and O–H groups in total. The van der Waals surface area contributed by atoms with Crippen molar-refractivity contribution >= 4 is 22.9 Å². The molecule has 2 saturated heterocycles. The van der Waals surface area contributed by atoms with Crippen LogP contribution in [0, 0.1) is 5.92 Å². The second-order valence-corrected chi connectivity index (χ2v) is 7.25. The molecule has 0 saturated carbocycles. The Balaban J connectivity index is 1.30. The molecule has 2 fully saturated rings. The Morgan fingerprint density at radius 3 is 2.62 bits per heavy atom. The molecule has 2 aliphatic rings. The van der Waals surface area contributed by atoms with Crippen molar-refractivity contribution in [3.05, 3.63) is 12.7 Å². The molecule has 26 heavy (non-hydrogen) atoms. The minimum absolute atomic E-state index is 0.331. The number of imidazole rings is 1. The van der Waals surface area contributed by atoms with Gasteiger partial charge in [-0.05, 0) is 25.3 Å². The average Bonchev–Trinajstić information content (AvgIpc) is 3.17. The molecule has 0 aliphatic carbocycles. The van der Waals surface area contributed by atoms with Crippen molar-refractivity contribution < 1.29 is 4.79 Å². The quantitative estimate of drug-likeness (QED) is 0.883. The summed E-state index contributed by atoms with van der Waals surface area (Å²) in [5, 5.41) is 0. The van der Waals surface area contributed by atoms with E-state index in [1.165, 1.54) is 0 Å². The fourth-order valence-corrected chi connectivity index (χ4v) is 4.03. The van der Waals surface area contributed by atoms with Gasteiger partial charge in [-0.25, -0.2) is 15.0 Å². The van der Waals surface area contributed by atoms with E-state index in [1.807, 2.05) is 0 Å². The summed E-state index contributed by atoms with van der Waals surface area (Å²) in [5.74, 6) is 1.73. The second-order valence-electron chi connectivity index (χ2n) is 7.25. The van der Waals surface area contributed by atoms with E-state index in [4.69, 9.17) is 0 Å². The van der Waals surface area contributed by atoms with Crippen LogP contribution in [0.5, 0.6) is 0 Å². The number of rotatable bonds is 4. The van der Waals surface area contributed by atoms with Gasteiger partial charge in [0.2, 0.25) is 5.91 Å². The average molecular weight is 357 g/mol. The number of carbonyl (C=O) groups excluding carboxylic acids is 1. The lowest BCUT2D eigenvalue weighted by molar-refractivity contribution is -0.134. The largest absolute Gasteiger partial charge is 0.355 e. The second kappa shape index (κ2) is 7.57. The van der Waals surface area contributed by atoms with E-state index < -0.39 is 0 Å². The van der Waals surface area contributed by atoms with E-state index in [1.54, 1.807) is 12.7 Å². The third kappa shape index (κ3) is 3.51. The van der Waals surface area contributed by atoms with Gasteiger partial charge >= 0.3 is 0 Å². The number of aromatic amines is 1. The molecule has 0 spiro atoms. The Hall–Kier alpha value is -2.22. The summed E-state index contributed by atoms with van der Waals surface area (Å²) in [6, 6.07) is 0. The smallest absolute Gasteiger partial charge is 0.222 e. The van der Waals surface area contributed by atoms with Crippen LogP contribution in [0.1, 0.15) is 26.2 Å². The van der Waals surface area contributed by atoms with E-state index in [2.05, 4.69) is 41.6 Å². The van der Waals surface area contributed by atoms with E-state index in [0.29, 0.717) is 23.9 Å². The van der Waals surface area contributed by atoms with Crippen molar-refractivity contribution in [2.24, 2.45) is 5.92 Å². The van der Waals surface area contributed by atoms with Crippen LogP contribution >= 0.6 is 0 Å². The van der Waals surface area contributed by atoms with Crippen LogP contribution in [-0.4, -0.2) is 81.5 Å². The molecule has 1 amide bonds. The van der Waals surface area contributed by atoms with Crippen molar-refractivity contribution in [3.8, 4) is 0 Å². The Labute approximate surface area is 153 Å². The predicted octanol–water partition coefficient (Wildman–Crippen LogP) is 1.12. The molecule has 0 bridgehead atoms. The third-order valence-electron chi connectivity index (χ3n) is 5.75. The van der Waals surface area contributed by atoms with Gasteiger partial charge in [-0.3, -0.25) is 4.79 Å². The number of hydrogen-bond donors (Lipinski definition) is 1. The molecule has 0 radical (unpaired) electrons. The zero-order valence-corrected chi connectivity index (χ0v) is 15.4. The highest BCUT2D eigenvalue weighted by molar-refractivity contribution is 5.82. The van der Waals surface area contributed by atoms with Gasteiger partial charge in [-0.15, -0.1) is 0 Å². The Bertz CT molecular complexity index is 745. The van der Waals surface area contributed by atoms with Crippen molar-refractivity contribution in [2.45, 2.75) is 26.2 Å². The Kier molecular flexibility index (Phi) is 5.01. The standard InChI is InChI=1S/C18H27N7O/c1-2-23-7-9-24(10-8-23)15(26)11-14-3-5-25(6-4-14)18-16-17(20-12-19-16)21-13-22-18/h12-14H,2-11H2,1H3,(H,19,20,21,22). The number of aromatic nitrogens is 4. The van der Waals surface area contributed by atoms with Gasteiger partial charge in [0.25, 0.3) is 0 Å². The van der Waals surface area contributed by atoms with Crippen LogP contribution in [0.3, 0.4) is 0 Å². The lowest BCUT2D eigenvalue weighted by Gasteiger charge is -2.36. The van der Waals surface area contributed by atoms with Crippen LogP contribution in [0.15, 0.2) is 12.7 Å². The first kappa shape index (κ1) is 17.2. The number of carbonyl (C=O) groups is 1. The normalized spacial score (nSPS) is 20.0. The predicted molar refractivity (Wildman–Crippen MR) is 99.9 cm³/mol. The summed E-state index contributed by atoms with van der Waals surface area (Å²) in [6.45, 7) is 8.88. The molecule has 4 rings (SSSR count). The van der Waals surface area contributed by atoms with Crippen molar-refractivity contribution in [1.82, 2.24) is 29.7 Å². The highest BCUT2D eigenvalue weighted by atomic mass is 16.2. The van der Waals surface area contributed by atoms with Gasteiger partial charge in [0, 0.05) is 45.7 Å².